The molecule has 110 valence electrons. The zero-order chi connectivity index (χ0) is 14.3. The van der Waals surface area contributed by atoms with Crippen molar-refractivity contribution in [3.63, 3.8) is 0 Å². The summed E-state index contributed by atoms with van der Waals surface area (Å²) < 4.78 is 0. The SMILES string of the molecule is c1cncc(NCCNc2ncnc3c2CCNCC3)c1. The maximum absolute atomic E-state index is 4.40. The molecule has 0 radical (unpaired) electrons. The maximum atomic E-state index is 4.40. The van der Waals surface area contributed by atoms with E-state index in [2.05, 4.69) is 30.9 Å². The molecule has 0 bridgehead atoms. The van der Waals surface area contributed by atoms with Crippen molar-refractivity contribution in [1.82, 2.24) is 20.3 Å². The minimum atomic E-state index is 0.811. The first-order valence-corrected chi connectivity index (χ1v) is 7.35. The molecular formula is C15H20N6. The van der Waals surface area contributed by atoms with E-state index in [-0.39, 0.29) is 0 Å². The quantitative estimate of drug-likeness (QED) is 0.714. The molecule has 0 unspecified atom stereocenters. The summed E-state index contributed by atoms with van der Waals surface area (Å²) in [5.41, 5.74) is 3.45. The largest absolute Gasteiger partial charge is 0.382 e. The third kappa shape index (κ3) is 3.66. The van der Waals surface area contributed by atoms with Gasteiger partial charge >= 0.3 is 0 Å². The summed E-state index contributed by atoms with van der Waals surface area (Å²) in [6, 6.07) is 3.93. The Kier molecular flexibility index (Phi) is 4.58. The number of pyridine rings is 1. The molecule has 2 aromatic rings. The highest BCUT2D eigenvalue weighted by Crippen LogP contribution is 2.17. The van der Waals surface area contributed by atoms with Crippen molar-refractivity contribution in [2.24, 2.45) is 0 Å². The molecule has 2 aromatic heterocycles. The molecule has 1 aliphatic rings. The van der Waals surface area contributed by atoms with Crippen LogP contribution in [0.15, 0.2) is 30.9 Å². The van der Waals surface area contributed by atoms with Crippen LogP contribution >= 0.6 is 0 Å². The van der Waals surface area contributed by atoms with Gasteiger partial charge < -0.3 is 16.0 Å². The smallest absolute Gasteiger partial charge is 0.132 e. The van der Waals surface area contributed by atoms with Gasteiger partial charge in [-0.1, -0.05) is 0 Å². The summed E-state index contributed by atoms with van der Waals surface area (Å²) in [5.74, 6) is 0.969. The summed E-state index contributed by atoms with van der Waals surface area (Å²) in [5, 5.41) is 10.1. The minimum absolute atomic E-state index is 0.811. The summed E-state index contributed by atoms with van der Waals surface area (Å²) in [4.78, 5) is 12.9. The molecule has 21 heavy (non-hydrogen) atoms. The van der Waals surface area contributed by atoms with Crippen LogP contribution in [0.4, 0.5) is 11.5 Å². The van der Waals surface area contributed by atoms with E-state index in [4.69, 9.17) is 0 Å². The van der Waals surface area contributed by atoms with E-state index < -0.39 is 0 Å². The van der Waals surface area contributed by atoms with Crippen LogP contribution in [-0.2, 0) is 12.8 Å². The van der Waals surface area contributed by atoms with Crippen LogP contribution < -0.4 is 16.0 Å². The monoisotopic (exact) mass is 284 g/mol. The van der Waals surface area contributed by atoms with Crippen LogP contribution in [0, 0.1) is 0 Å². The minimum Gasteiger partial charge on any atom is -0.382 e. The van der Waals surface area contributed by atoms with Crippen LogP contribution in [0.25, 0.3) is 0 Å². The van der Waals surface area contributed by atoms with Gasteiger partial charge in [0.15, 0.2) is 0 Å². The van der Waals surface area contributed by atoms with E-state index in [1.54, 1.807) is 12.5 Å². The van der Waals surface area contributed by atoms with Gasteiger partial charge in [-0.05, 0) is 25.1 Å². The Morgan fingerprint density at radius 1 is 1.10 bits per heavy atom. The van der Waals surface area contributed by atoms with Gasteiger partial charge in [-0.15, -0.1) is 0 Å². The Labute approximate surface area is 124 Å². The summed E-state index contributed by atoms with van der Waals surface area (Å²) in [6.07, 6.45) is 7.20. The number of rotatable bonds is 5. The molecule has 0 saturated carbocycles. The second kappa shape index (κ2) is 6.99. The summed E-state index contributed by atoms with van der Waals surface area (Å²) in [6.45, 7) is 3.61. The highest BCUT2D eigenvalue weighted by atomic mass is 15.0. The molecule has 0 atom stereocenters. The lowest BCUT2D eigenvalue weighted by Crippen LogP contribution is -2.17. The van der Waals surface area contributed by atoms with Crippen molar-refractivity contribution < 1.29 is 0 Å². The zero-order valence-electron chi connectivity index (χ0n) is 12.0. The molecule has 0 amide bonds. The van der Waals surface area contributed by atoms with Crippen molar-refractivity contribution in [3.8, 4) is 0 Å². The van der Waals surface area contributed by atoms with Gasteiger partial charge in [0.2, 0.25) is 0 Å². The molecule has 0 aliphatic carbocycles. The van der Waals surface area contributed by atoms with Crippen molar-refractivity contribution >= 4 is 11.5 Å². The van der Waals surface area contributed by atoms with Gasteiger partial charge in [0.05, 0.1) is 11.4 Å². The average molecular weight is 284 g/mol. The number of anilines is 2. The molecule has 6 heteroatoms. The third-order valence-corrected chi connectivity index (χ3v) is 3.53. The Hall–Kier alpha value is -2.21. The van der Waals surface area contributed by atoms with E-state index in [0.29, 0.717) is 0 Å². The molecule has 6 nitrogen and oxygen atoms in total. The third-order valence-electron chi connectivity index (χ3n) is 3.53. The van der Waals surface area contributed by atoms with Crippen molar-refractivity contribution in [2.45, 2.75) is 12.8 Å². The van der Waals surface area contributed by atoms with Gasteiger partial charge in [-0.25, -0.2) is 9.97 Å². The highest BCUT2D eigenvalue weighted by molar-refractivity contribution is 5.47. The average Bonchev–Trinajstić information content (AvgIpc) is 2.78. The predicted molar refractivity (Wildman–Crippen MR) is 83.5 cm³/mol. The first kappa shape index (κ1) is 13.8. The van der Waals surface area contributed by atoms with Gasteiger partial charge in [0.25, 0.3) is 0 Å². The fourth-order valence-corrected chi connectivity index (χ4v) is 2.48. The Balaban J connectivity index is 1.56. The molecule has 1 aliphatic heterocycles. The lowest BCUT2D eigenvalue weighted by atomic mass is 10.1. The van der Waals surface area contributed by atoms with E-state index in [1.807, 2.05) is 18.3 Å². The number of nitrogens with one attached hydrogen (secondary N) is 3. The first-order valence-electron chi connectivity index (χ1n) is 7.35. The molecule has 3 N–H and O–H groups in total. The van der Waals surface area contributed by atoms with Gasteiger partial charge in [0, 0.05) is 44.0 Å². The number of hydrogen-bond donors (Lipinski definition) is 3. The number of nitrogens with zero attached hydrogens (tertiary/aromatic N) is 3. The second-order valence-electron chi connectivity index (χ2n) is 4.99. The molecule has 3 rings (SSSR count). The van der Waals surface area contributed by atoms with E-state index in [9.17, 15) is 0 Å². The Morgan fingerprint density at radius 2 is 2.00 bits per heavy atom. The molecule has 0 fully saturated rings. The summed E-state index contributed by atoms with van der Waals surface area (Å²) >= 11 is 0. The van der Waals surface area contributed by atoms with Gasteiger partial charge in [-0.3, -0.25) is 4.98 Å². The van der Waals surface area contributed by atoms with Gasteiger partial charge in [0.1, 0.15) is 12.1 Å². The van der Waals surface area contributed by atoms with E-state index in [0.717, 1.165) is 56.2 Å². The molecule has 0 saturated heterocycles. The normalized spacial score (nSPS) is 14.1. The summed E-state index contributed by atoms with van der Waals surface area (Å²) in [7, 11) is 0. The number of fused-ring (bicyclic) bond motifs is 1. The highest BCUT2D eigenvalue weighted by Gasteiger charge is 2.13. The molecule has 0 spiro atoms. The number of aromatic nitrogens is 3. The van der Waals surface area contributed by atoms with Crippen LogP contribution in [-0.4, -0.2) is 41.1 Å². The topological polar surface area (TPSA) is 74.8 Å². The fraction of sp³-hybridized carbons (Fsp3) is 0.400. The molecule has 3 heterocycles. The van der Waals surface area contributed by atoms with Crippen LogP contribution in [0.2, 0.25) is 0 Å². The van der Waals surface area contributed by atoms with E-state index in [1.165, 1.54) is 5.56 Å². The molecular weight excluding hydrogens is 264 g/mol. The zero-order valence-corrected chi connectivity index (χ0v) is 12.0. The van der Waals surface area contributed by atoms with Crippen molar-refractivity contribution in [3.05, 3.63) is 42.1 Å². The second-order valence-corrected chi connectivity index (χ2v) is 4.99. The van der Waals surface area contributed by atoms with E-state index >= 15 is 0 Å². The maximum Gasteiger partial charge on any atom is 0.132 e. The fourth-order valence-electron chi connectivity index (χ4n) is 2.48. The van der Waals surface area contributed by atoms with Crippen LogP contribution in [0.1, 0.15) is 11.3 Å². The predicted octanol–water partition coefficient (Wildman–Crippen LogP) is 1.08. The Bertz CT molecular complexity index is 572. The Morgan fingerprint density at radius 3 is 2.90 bits per heavy atom. The standard InChI is InChI=1S/C15H20N6/c1-2-12(10-17-5-1)18-8-9-19-15-13-3-6-16-7-4-14(13)20-11-21-15/h1-2,5,10-11,16,18H,3-4,6-9H2,(H,19,20,21). The van der Waals surface area contributed by atoms with Gasteiger partial charge in [-0.2, -0.15) is 0 Å². The first-order chi connectivity index (χ1) is 10.4. The van der Waals surface area contributed by atoms with Crippen LogP contribution in [0.5, 0.6) is 0 Å². The molecule has 0 aromatic carbocycles. The number of hydrogen-bond acceptors (Lipinski definition) is 6. The van der Waals surface area contributed by atoms with Crippen LogP contribution in [0.3, 0.4) is 0 Å². The lowest BCUT2D eigenvalue weighted by Gasteiger charge is -2.12. The lowest BCUT2D eigenvalue weighted by molar-refractivity contribution is 0.708. The van der Waals surface area contributed by atoms with Crippen molar-refractivity contribution in [2.75, 3.05) is 36.8 Å². The van der Waals surface area contributed by atoms with Crippen molar-refractivity contribution in [1.29, 1.82) is 0 Å².